The van der Waals surface area contributed by atoms with Gasteiger partial charge < -0.3 is 105 Å². The number of rotatable bonds is 61. The molecule has 0 rings (SSSR count). The molecule has 518 valence electrons. The summed E-state index contributed by atoms with van der Waals surface area (Å²) in [5.41, 5.74) is 58.3. The van der Waals surface area contributed by atoms with Crippen LogP contribution < -0.4 is 99.9 Å². The molecular weight excluding hydrogens is 1140 g/mol. The molecule has 0 bridgehead atoms. The van der Waals surface area contributed by atoms with Crippen molar-refractivity contribution in [2.45, 2.75) is 279 Å². The van der Waals surface area contributed by atoms with Crippen molar-refractivity contribution in [1.29, 1.82) is 0 Å². The van der Waals surface area contributed by atoms with Crippen molar-refractivity contribution in [3.63, 3.8) is 0 Å². The molecule has 89 heavy (non-hydrogen) atoms. The lowest BCUT2D eigenvalue weighted by Crippen LogP contribution is -2.60. The van der Waals surface area contributed by atoms with Gasteiger partial charge >= 0.3 is 0 Å². The van der Waals surface area contributed by atoms with Crippen LogP contribution in [0.15, 0.2) is 0 Å². The van der Waals surface area contributed by atoms with Gasteiger partial charge in [-0.25, -0.2) is 0 Å². The van der Waals surface area contributed by atoms with E-state index in [-0.39, 0.29) is 44.9 Å². The summed E-state index contributed by atoms with van der Waals surface area (Å²) in [4.78, 5) is 127. The number of hydrogen-bond acceptors (Lipinski definition) is 19. The second-order valence-electron chi connectivity index (χ2n) is 23.7. The third kappa shape index (κ3) is 41.9. The van der Waals surface area contributed by atoms with E-state index in [1.807, 2.05) is 0 Å². The van der Waals surface area contributed by atoms with Crippen LogP contribution in [0.2, 0.25) is 0 Å². The quantitative estimate of drug-likeness (QED) is 0.0274. The van der Waals surface area contributed by atoms with Gasteiger partial charge in [0.2, 0.25) is 47.3 Å². The van der Waals surface area contributed by atoms with Crippen LogP contribution in [0.25, 0.3) is 0 Å². The van der Waals surface area contributed by atoms with E-state index in [0.29, 0.717) is 232 Å². The number of hydrogen-bond donors (Lipinski definition) is 18. The van der Waals surface area contributed by atoms with Crippen molar-refractivity contribution >= 4 is 53.5 Å². The Labute approximate surface area is 532 Å². The number of carbonyl (C=O) groups excluding carboxylic acids is 9. The fraction of sp³-hybridized carbons (Fsp3) is 0.855. The maximum Gasteiger partial charge on any atom is 0.243 e. The maximum atomic E-state index is 14.8. The van der Waals surface area contributed by atoms with E-state index in [1.165, 1.54) is 0 Å². The topological polar surface area (TPSA) is 510 Å². The third-order valence-electron chi connectivity index (χ3n) is 15.8. The Morgan fingerprint density at radius 2 is 0.393 bits per heavy atom. The Morgan fingerprint density at radius 3 is 0.596 bits per heavy atom. The number of nitrogens with one attached hydrogen (secondary N) is 8. The minimum Gasteiger partial charge on any atom is -0.345 e. The summed E-state index contributed by atoms with van der Waals surface area (Å²) in [5.74, 6) is -4.89. The molecule has 0 aromatic rings. The summed E-state index contributed by atoms with van der Waals surface area (Å²) < 4.78 is 0. The Kier molecular flexibility index (Phi) is 53.8. The number of aldehydes is 1. The molecule has 0 aromatic carbocycles. The van der Waals surface area contributed by atoms with E-state index < -0.39 is 102 Å². The molecule has 27 nitrogen and oxygen atoms in total. The van der Waals surface area contributed by atoms with Crippen LogP contribution in [0.1, 0.15) is 225 Å². The highest BCUT2D eigenvalue weighted by Gasteiger charge is 2.35. The summed E-state index contributed by atoms with van der Waals surface area (Å²) in [6, 6.07) is -9.59. The average molecular weight is 1270 g/mol. The molecule has 0 saturated carbocycles. The highest BCUT2D eigenvalue weighted by molar-refractivity contribution is 5.98. The monoisotopic (exact) mass is 1270 g/mol. The van der Waals surface area contributed by atoms with E-state index in [0.717, 1.165) is 12.8 Å². The molecule has 8 amide bonds. The van der Waals surface area contributed by atoms with Gasteiger partial charge in [-0.15, -0.1) is 0 Å². The molecule has 28 N–H and O–H groups in total. The van der Waals surface area contributed by atoms with E-state index >= 15 is 0 Å². The van der Waals surface area contributed by atoms with Crippen molar-refractivity contribution in [3.05, 3.63) is 0 Å². The van der Waals surface area contributed by atoms with E-state index in [1.54, 1.807) is 0 Å². The molecule has 0 radical (unpaired) electrons. The number of nitrogens with two attached hydrogens (primary N) is 10. The van der Waals surface area contributed by atoms with Gasteiger partial charge in [-0.05, 0) is 181 Å². The minimum atomic E-state index is -1.20. The first-order valence-corrected chi connectivity index (χ1v) is 34.0. The normalized spacial score (nSPS) is 14.4. The summed E-state index contributed by atoms with van der Waals surface area (Å²) in [6.07, 6.45) is 19.1. The van der Waals surface area contributed by atoms with Crippen molar-refractivity contribution in [1.82, 2.24) is 42.5 Å². The van der Waals surface area contributed by atoms with E-state index in [9.17, 15) is 43.2 Å². The first-order chi connectivity index (χ1) is 43.0. The standard InChI is InChI=1S/C62H126N18O9/c63-36-18-1-9-28-47(72)55(82)74-49(30-11-3-20-38-65)57(84)76-51(32-13-5-22-40-67)59(86)78-53(34-15-7-24-42-69)61(88)80-54(35-16-8-25-43-70)62(89)79-52(33-14-6-23-41-68)60(87)77-50(31-12-4-21-39-66)58(85)75-48(29-10-2-19-37-64)56(83)73-46(45-81)27-17-26-44-71/h45-54H,1-44,63-72H2,(H,73,83)(H,74,82)(H,75,85)(H,76,84)(H,77,87)(H,78,86)(H,79,89)(H,80,88)/t46-,47-,48-,49-,50-,51-,52-,53-,54-/m0/s1. The van der Waals surface area contributed by atoms with Gasteiger partial charge in [0.15, 0.2) is 0 Å². The zero-order valence-corrected chi connectivity index (χ0v) is 54.3. The predicted octanol–water partition coefficient (Wildman–Crippen LogP) is -0.327. The second-order valence-corrected chi connectivity index (χ2v) is 23.7. The lowest BCUT2D eigenvalue weighted by molar-refractivity contribution is -0.136. The van der Waals surface area contributed by atoms with Crippen molar-refractivity contribution in [3.8, 4) is 0 Å². The fourth-order valence-corrected chi connectivity index (χ4v) is 10.3. The molecule has 9 atom stereocenters. The van der Waals surface area contributed by atoms with Crippen molar-refractivity contribution in [2.75, 3.05) is 58.9 Å². The zero-order valence-electron chi connectivity index (χ0n) is 54.3. The summed E-state index contributed by atoms with van der Waals surface area (Å²) in [5, 5.41) is 22.9. The number of unbranched alkanes of at least 4 members (excludes halogenated alkanes) is 17. The fourth-order valence-electron chi connectivity index (χ4n) is 10.3. The van der Waals surface area contributed by atoms with Crippen LogP contribution in [0, 0.1) is 0 Å². The molecule has 27 heteroatoms. The first kappa shape index (κ1) is 84.0. The van der Waals surface area contributed by atoms with Crippen LogP contribution in [0.4, 0.5) is 0 Å². The van der Waals surface area contributed by atoms with Crippen molar-refractivity contribution in [2.24, 2.45) is 57.3 Å². The highest BCUT2D eigenvalue weighted by Crippen LogP contribution is 2.15. The van der Waals surface area contributed by atoms with E-state index in [4.69, 9.17) is 57.3 Å². The lowest BCUT2D eigenvalue weighted by Gasteiger charge is -2.28. The molecule has 0 fully saturated rings. The molecule has 0 aliphatic rings. The zero-order chi connectivity index (χ0) is 66.3. The van der Waals surface area contributed by atoms with Crippen LogP contribution in [0.5, 0.6) is 0 Å². The predicted molar refractivity (Wildman–Crippen MR) is 353 cm³/mol. The molecule has 0 saturated heterocycles. The number of amides is 8. The highest BCUT2D eigenvalue weighted by atomic mass is 16.2. The summed E-state index contributed by atoms with van der Waals surface area (Å²) in [7, 11) is 0. The average Bonchev–Trinajstić information content (AvgIpc) is 3.13. The Balaban J connectivity index is 7.22. The Morgan fingerprint density at radius 1 is 0.225 bits per heavy atom. The lowest BCUT2D eigenvalue weighted by atomic mass is 10.0. The molecule has 0 spiro atoms. The SMILES string of the molecule is NCCCCC[C@H](NC(=O)[C@H](CCCCCN)NC(=O)[C@H](CCCCCN)NC(=O)[C@H](CCCCCN)NC(=O)[C@H](CCCCCN)NC(=O)[C@H](CCCCCN)NC(=O)[C@H](CCCCCN)NC(=O)[C@@H](N)CCCCCN)C(=O)N[C@H](C=O)CCCCN. The smallest absolute Gasteiger partial charge is 0.243 e. The molecule has 0 heterocycles. The number of carbonyl (C=O) groups is 9. The molecule has 0 aliphatic heterocycles. The summed E-state index contributed by atoms with van der Waals surface area (Å²) >= 11 is 0. The van der Waals surface area contributed by atoms with Crippen LogP contribution in [0.3, 0.4) is 0 Å². The van der Waals surface area contributed by atoms with Crippen LogP contribution >= 0.6 is 0 Å². The van der Waals surface area contributed by atoms with Gasteiger partial charge in [-0.1, -0.05) is 103 Å². The van der Waals surface area contributed by atoms with E-state index in [2.05, 4.69) is 42.5 Å². The van der Waals surface area contributed by atoms with Gasteiger partial charge in [0.1, 0.15) is 48.6 Å². The van der Waals surface area contributed by atoms with Gasteiger partial charge in [0.25, 0.3) is 0 Å². The largest absolute Gasteiger partial charge is 0.345 e. The maximum absolute atomic E-state index is 14.8. The molecular formula is C62H126N18O9. The molecule has 0 aromatic heterocycles. The van der Waals surface area contributed by atoms with Crippen LogP contribution in [-0.4, -0.2) is 167 Å². The minimum absolute atomic E-state index is 0.140. The van der Waals surface area contributed by atoms with Gasteiger partial charge in [-0.2, -0.15) is 0 Å². The van der Waals surface area contributed by atoms with Crippen molar-refractivity contribution < 1.29 is 43.2 Å². The first-order valence-electron chi connectivity index (χ1n) is 34.0. The second kappa shape index (κ2) is 57.0. The summed E-state index contributed by atoms with van der Waals surface area (Å²) in [6.45, 7) is 3.90. The molecule has 0 aliphatic carbocycles. The Bertz CT molecular complexity index is 1900. The van der Waals surface area contributed by atoms with Crippen LogP contribution in [-0.2, 0) is 43.2 Å². The van der Waals surface area contributed by atoms with Gasteiger partial charge in [0.05, 0.1) is 12.1 Å². The molecule has 0 unspecified atom stereocenters. The van der Waals surface area contributed by atoms with Gasteiger partial charge in [0, 0.05) is 0 Å². The third-order valence-corrected chi connectivity index (χ3v) is 15.8. The Hall–Kier alpha value is -4.97. The van der Waals surface area contributed by atoms with Gasteiger partial charge in [-0.3, -0.25) is 38.4 Å².